The first kappa shape index (κ1) is 19.2. The molecule has 3 aromatic rings. The van der Waals surface area contributed by atoms with Crippen LogP contribution in [0.5, 0.6) is 5.75 Å². The van der Waals surface area contributed by atoms with Crippen LogP contribution in [0, 0.1) is 0 Å². The third-order valence-corrected chi connectivity index (χ3v) is 5.29. The Morgan fingerprint density at radius 3 is 2.71 bits per heavy atom. The summed E-state index contributed by atoms with van der Waals surface area (Å²) in [6.07, 6.45) is 0. The molecule has 5 rings (SSSR count). The average Bonchev–Trinajstić information content (AvgIpc) is 3.47. The van der Waals surface area contributed by atoms with Crippen molar-refractivity contribution >= 4 is 29.1 Å². The molecule has 0 spiro atoms. The van der Waals surface area contributed by atoms with Gasteiger partial charge in [-0.05, 0) is 36.4 Å². The summed E-state index contributed by atoms with van der Waals surface area (Å²) < 4.78 is 10.5. The molecule has 1 fully saturated rings. The van der Waals surface area contributed by atoms with E-state index in [9.17, 15) is 9.59 Å². The van der Waals surface area contributed by atoms with Gasteiger partial charge in [0.05, 0.1) is 12.8 Å². The molecule has 1 aromatic heterocycles. The Hall–Kier alpha value is -3.79. The summed E-state index contributed by atoms with van der Waals surface area (Å²) in [6.45, 7) is 0.0379. The molecular formula is C20H15ClN6O4. The van der Waals surface area contributed by atoms with Crippen molar-refractivity contribution in [2.24, 2.45) is 10.3 Å². The minimum Gasteiger partial charge on any atom is -0.497 e. The predicted molar refractivity (Wildman–Crippen MR) is 108 cm³/mol. The number of hydrogen-bond donors (Lipinski definition) is 0. The minimum absolute atomic E-state index is 0.0379. The van der Waals surface area contributed by atoms with Gasteiger partial charge < -0.3 is 9.26 Å². The van der Waals surface area contributed by atoms with E-state index in [0.29, 0.717) is 22.3 Å². The van der Waals surface area contributed by atoms with E-state index in [1.165, 1.54) is 12.1 Å². The van der Waals surface area contributed by atoms with E-state index in [-0.39, 0.29) is 12.4 Å². The topological polar surface area (TPSA) is 113 Å². The molecule has 0 saturated carbocycles. The number of nitrogens with zero attached hydrogens (tertiary/aromatic N) is 6. The van der Waals surface area contributed by atoms with Crippen molar-refractivity contribution in [1.82, 2.24) is 15.1 Å². The maximum absolute atomic E-state index is 13.1. The van der Waals surface area contributed by atoms with Crippen LogP contribution >= 0.6 is 11.6 Å². The van der Waals surface area contributed by atoms with Crippen molar-refractivity contribution in [3.05, 3.63) is 59.4 Å². The Morgan fingerprint density at radius 2 is 1.94 bits per heavy atom. The van der Waals surface area contributed by atoms with E-state index >= 15 is 0 Å². The molecule has 2 aromatic carbocycles. The number of benzene rings is 2. The number of rotatable bonds is 5. The van der Waals surface area contributed by atoms with Gasteiger partial charge in [-0.1, -0.05) is 28.0 Å². The van der Waals surface area contributed by atoms with Gasteiger partial charge in [0.15, 0.2) is 12.1 Å². The molecule has 0 N–H and O–H groups in total. The van der Waals surface area contributed by atoms with Crippen LogP contribution in [-0.2, 0) is 16.1 Å². The molecule has 0 bridgehead atoms. The van der Waals surface area contributed by atoms with Gasteiger partial charge in [-0.2, -0.15) is 10.1 Å². The third kappa shape index (κ3) is 3.30. The molecule has 31 heavy (non-hydrogen) atoms. The van der Waals surface area contributed by atoms with Gasteiger partial charge in [0.25, 0.3) is 11.8 Å². The summed E-state index contributed by atoms with van der Waals surface area (Å²) in [5.74, 6) is 0.289. The van der Waals surface area contributed by atoms with Crippen LogP contribution in [0.4, 0.5) is 5.69 Å². The van der Waals surface area contributed by atoms with E-state index in [1.807, 2.05) is 0 Å². The number of amides is 2. The maximum atomic E-state index is 13.1. The second-order valence-electron chi connectivity index (χ2n) is 6.92. The lowest BCUT2D eigenvalue weighted by Gasteiger charge is -2.19. The molecule has 0 unspecified atom stereocenters. The Bertz CT molecular complexity index is 1190. The van der Waals surface area contributed by atoms with Crippen molar-refractivity contribution in [1.29, 1.82) is 0 Å². The van der Waals surface area contributed by atoms with Crippen molar-refractivity contribution in [2.75, 3.05) is 12.0 Å². The Morgan fingerprint density at radius 1 is 1.13 bits per heavy atom. The van der Waals surface area contributed by atoms with Crippen LogP contribution < -0.4 is 9.64 Å². The van der Waals surface area contributed by atoms with Crippen LogP contribution in [0.2, 0.25) is 5.02 Å². The average molecular weight is 439 g/mol. The summed E-state index contributed by atoms with van der Waals surface area (Å²) in [6, 6.07) is 11.9. The lowest BCUT2D eigenvalue weighted by molar-refractivity contribution is -0.123. The monoisotopic (exact) mass is 438 g/mol. The molecule has 1 saturated heterocycles. The Balaban J connectivity index is 1.36. The Labute approximate surface area is 181 Å². The minimum atomic E-state index is -0.919. The lowest BCUT2D eigenvalue weighted by atomic mass is 10.1. The molecule has 2 atom stereocenters. The lowest BCUT2D eigenvalue weighted by Crippen LogP contribution is -2.39. The molecule has 3 heterocycles. The van der Waals surface area contributed by atoms with Gasteiger partial charge in [-0.3, -0.25) is 14.6 Å². The number of halogens is 1. The number of carbonyl (C=O) groups is 2. The number of imide groups is 1. The van der Waals surface area contributed by atoms with Crippen LogP contribution in [0.25, 0.3) is 11.4 Å². The first-order chi connectivity index (χ1) is 15.0. The highest BCUT2D eigenvalue weighted by atomic mass is 35.5. The molecule has 2 aliphatic rings. The molecular weight excluding hydrogens is 424 g/mol. The molecule has 2 amide bonds. The zero-order valence-corrected chi connectivity index (χ0v) is 16.9. The standard InChI is InChI=1S/C20H15ClN6O4/c1-30-14-4-2-3-13(9-14)27-19(28)16-17(20(27)29)26(25-23-16)10-15-22-18(24-31-15)11-5-7-12(21)8-6-11/h2-9,16-17H,10H2,1H3/t16-,17-/m1/s1. The number of hydrogen-bond acceptors (Lipinski definition) is 9. The van der Waals surface area contributed by atoms with Gasteiger partial charge in [0.2, 0.25) is 11.7 Å². The quantitative estimate of drug-likeness (QED) is 0.562. The molecule has 2 aliphatic heterocycles. The number of methoxy groups -OCH3 is 1. The third-order valence-electron chi connectivity index (χ3n) is 5.04. The van der Waals surface area contributed by atoms with Gasteiger partial charge in [0, 0.05) is 16.7 Å². The number of ether oxygens (including phenoxy) is 1. The second kappa shape index (κ2) is 7.47. The van der Waals surface area contributed by atoms with Crippen molar-refractivity contribution < 1.29 is 18.8 Å². The highest BCUT2D eigenvalue weighted by molar-refractivity contribution is 6.30. The van der Waals surface area contributed by atoms with Gasteiger partial charge in [-0.15, -0.1) is 0 Å². The van der Waals surface area contributed by atoms with Gasteiger partial charge >= 0.3 is 0 Å². The van der Waals surface area contributed by atoms with Crippen molar-refractivity contribution in [3.8, 4) is 17.1 Å². The summed E-state index contributed by atoms with van der Waals surface area (Å²) in [7, 11) is 1.51. The van der Waals surface area contributed by atoms with Gasteiger partial charge in [-0.25, -0.2) is 4.90 Å². The van der Waals surface area contributed by atoms with E-state index in [2.05, 4.69) is 20.5 Å². The molecule has 10 nitrogen and oxygen atoms in total. The second-order valence-corrected chi connectivity index (χ2v) is 7.36. The van der Waals surface area contributed by atoms with Crippen LogP contribution in [0.15, 0.2) is 63.4 Å². The largest absolute Gasteiger partial charge is 0.497 e. The summed E-state index contributed by atoms with van der Waals surface area (Å²) in [5, 5.41) is 13.9. The first-order valence-corrected chi connectivity index (χ1v) is 9.71. The highest BCUT2D eigenvalue weighted by Crippen LogP contribution is 2.34. The highest BCUT2D eigenvalue weighted by Gasteiger charge is 2.55. The zero-order chi connectivity index (χ0) is 21.5. The SMILES string of the molecule is COc1cccc(N2C(=O)[C@@H]3N=NN(Cc4nc(-c5ccc(Cl)cc5)no4)[C@H]3C2=O)c1. The van der Waals surface area contributed by atoms with E-state index in [4.69, 9.17) is 20.9 Å². The molecule has 0 radical (unpaired) electrons. The Kier molecular flexibility index (Phi) is 4.63. The molecule has 11 heteroatoms. The maximum Gasteiger partial charge on any atom is 0.263 e. The number of fused-ring (bicyclic) bond motifs is 1. The first-order valence-electron chi connectivity index (χ1n) is 9.33. The number of aromatic nitrogens is 2. The summed E-state index contributed by atoms with van der Waals surface area (Å²) >= 11 is 5.90. The fraction of sp³-hybridized carbons (Fsp3) is 0.200. The number of anilines is 1. The van der Waals surface area contributed by atoms with Crippen LogP contribution in [0.1, 0.15) is 5.89 Å². The van der Waals surface area contributed by atoms with Gasteiger partial charge in [0.1, 0.15) is 12.3 Å². The van der Waals surface area contributed by atoms with Crippen LogP contribution in [-0.4, -0.2) is 46.2 Å². The normalized spacial score (nSPS) is 19.9. The summed E-state index contributed by atoms with van der Waals surface area (Å²) in [4.78, 5) is 31.4. The van der Waals surface area contributed by atoms with E-state index in [1.54, 1.807) is 48.5 Å². The van der Waals surface area contributed by atoms with Crippen LogP contribution in [0.3, 0.4) is 0 Å². The smallest absolute Gasteiger partial charge is 0.263 e. The molecule has 156 valence electrons. The molecule has 0 aliphatic carbocycles. The van der Waals surface area contributed by atoms with Crippen molar-refractivity contribution in [2.45, 2.75) is 18.6 Å². The summed E-state index contributed by atoms with van der Waals surface area (Å²) in [5.41, 5.74) is 1.15. The van der Waals surface area contributed by atoms with Crippen molar-refractivity contribution in [3.63, 3.8) is 0 Å². The van der Waals surface area contributed by atoms with E-state index in [0.717, 1.165) is 10.5 Å². The fourth-order valence-electron chi connectivity index (χ4n) is 3.53. The fourth-order valence-corrected chi connectivity index (χ4v) is 3.66. The number of carbonyl (C=O) groups excluding carboxylic acids is 2. The van der Waals surface area contributed by atoms with E-state index < -0.39 is 23.9 Å². The zero-order valence-electron chi connectivity index (χ0n) is 16.2. The predicted octanol–water partition coefficient (Wildman–Crippen LogP) is 2.89.